The van der Waals surface area contributed by atoms with Crippen molar-refractivity contribution in [3.8, 4) is 0 Å². The van der Waals surface area contributed by atoms with Crippen molar-refractivity contribution in [3.05, 3.63) is 35.4 Å². The third kappa shape index (κ3) is 3.71. The van der Waals surface area contributed by atoms with Gasteiger partial charge in [-0.2, -0.15) is 0 Å². The predicted molar refractivity (Wildman–Crippen MR) is 58.4 cm³/mol. The van der Waals surface area contributed by atoms with Crippen molar-refractivity contribution in [2.24, 2.45) is 0 Å². The van der Waals surface area contributed by atoms with Crippen LogP contribution >= 0.6 is 0 Å². The zero-order valence-corrected chi connectivity index (χ0v) is 8.84. The van der Waals surface area contributed by atoms with Gasteiger partial charge in [0.25, 0.3) is 0 Å². The van der Waals surface area contributed by atoms with E-state index in [-0.39, 0.29) is 5.78 Å². The summed E-state index contributed by atoms with van der Waals surface area (Å²) >= 11 is 0. The van der Waals surface area contributed by atoms with Crippen LogP contribution in [0.4, 0.5) is 0 Å². The molecule has 76 valence electrons. The Morgan fingerprint density at radius 3 is 2.50 bits per heavy atom. The van der Waals surface area contributed by atoms with Gasteiger partial charge in [0.2, 0.25) is 0 Å². The molecule has 0 heterocycles. The van der Waals surface area contributed by atoms with Crippen LogP contribution in [-0.2, 0) is 11.2 Å². The molecule has 1 rings (SSSR count). The van der Waals surface area contributed by atoms with Crippen LogP contribution in [0.3, 0.4) is 0 Å². The molecule has 1 N–H and O–H groups in total. The number of nitrogens with one attached hydrogen (secondary N) is 1. The molecule has 0 saturated heterocycles. The van der Waals surface area contributed by atoms with Gasteiger partial charge in [-0.3, -0.25) is 4.79 Å². The Balaban J connectivity index is 2.44. The number of ketones is 1. The fraction of sp³-hybridized carbons (Fsp3) is 0.417. The average Bonchev–Trinajstić information content (AvgIpc) is 2.18. The van der Waals surface area contributed by atoms with Gasteiger partial charge in [-0.05, 0) is 19.0 Å². The lowest BCUT2D eigenvalue weighted by atomic mass is 10.1. The topological polar surface area (TPSA) is 29.1 Å². The van der Waals surface area contributed by atoms with Crippen molar-refractivity contribution in [1.29, 1.82) is 0 Å². The maximum Gasteiger partial charge on any atom is 0.150 e. The first-order chi connectivity index (χ1) is 6.72. The molecule has 0 aliphatic heterocycles. The summed E-state index contributed by atoms with van der Waals surface area (Å²) in [6.07, 6.45) is 0.535. The van der Waals surface area contributed by atoms with Crippen molar-refractivity contribution < 1.29 is 4.79 Å². The number of rotatable bonds is 5. The van der Waals surface area contributed by atoms with Crippen molar-refractivity contribution in [1.82, 2.24) is 5.32 Å². The highest BCUT2D eigenvalue weighted by Crippen LogP contribution is 2.03. The minimum atomic E-state index is 0.246. The molecule has 0 bridgehead atoms. The fourth-order valence-electron chi connectivity index (χ4n) is 1.26. The van der Waals surface area contributed by atoms with Gasteiger partial charge in [-0.15, -0.1) is 0 Å². The average molecular weight is 191 g/mol. The molecule has 2 heteroatoms. The molecule has 0 aromatic heterocycles. The van der Waals surface area contributed by atoms with Gasteiger partial charge in [0.05, 0.1) is 6.54 Å². The number of benzene rings is 1. The molecule has 14 heavy (non-hydrogen) atoms. The van der Waals surface area contributed by atoms with Gasteiger partial charge in [0.15, 0.2) is 5.78 Å². The van der Waals surface area contributed by atoms with E-state index in [4.69, 9.17) is 0 Å². The van der Waals surface area contributed by atoms with Crippen LogP contribution in [0, 0.1) is 6.92 Å². The van der Waals surface area contributed by atoms with Crippen LogP contribution < -0.4 is 5.32 Å². The monoisotopic (exact) mass is 191 g/mol. The van der Waals surface area contributed by atoms with Gasteiger partial charge in [0.1, 0.15) is 0 Å². The molecule has 0 aliphatic rings. The van der Waals surface area contributed by atoms with Gasteiger partial charge < -0.3 is 5.32 Å². The van der Waals surface area contributed by atoms with Crippen molar-refractivity contribution in [3.63, 3.8) is 0 Å². The number of aryl methyl sites for hydroxylation is 1. The Labute approximate surface area is 85.3 Å². The highest BCUT2D eigenvalue weighted by molar-refractivity contribution is 5.82. The molecule has 0 spiro atoms. The Kier molecular flexibility index (Phi) is 4.33. The van der Waals surface area contributed by atoms with Crippen LogP contribution in [0.25, 0.3) is 0 Å². The summed E-state index contributed by atoms with van der Waals surface area (Å²) in [4.78, 5) is 11.4. The standard InChI is InChI=1S/C12H17NO/c1-3-13-9-12(14)8-11-6-4-10(2)5-7-11/h4-7,13H,3,8-9H2,1-2H3. The van der Waals surface area contributed by atoms with E-state index in [9.17, 15) is 4.79 Å². The minimum absolute atomic E-state index is 0.246. The van der Waals surface area contributed by atoms with E-state index in [0.29, 0.717) is 13.0 Å². The summed E-state index contributed by atoms with van der Waals surface area (Å²) in [5.74, 6) is 0.246. The fourth-order valence-corrected chi connectivity index (χ4v) is 1.26. The van der Waals surface area contributed by atoms with E-state index in [1.807, 2.05) is 38.1 Å². The second kappa shape index (κ2) is 5.55. The highest BCUT2D eigenvalue weighted by Gasteiger charge is 2.01. The Hall–Kier alpha value is -1.15. The predicted octanol–water partition coefficient (Wildman–Crippen LogP) is 1.72. The van der Waals surface area contributed by atoms with Gasteiger partial charge >= 0.3 is 0 Å². The van der Waals surface area contributed by atoms with Gasteiger partial charge in [-0.1, -0.05) is 36.8 Å². The number of likely N-dealkylation sites (N-methyl/N-ethyl adjacent to an activating group) is 1. The molecule has 2 nitrogen and oxygen atoms in total. The zero-order chi connectivity index (χ0) is 10.4. The molecule has 0 radical (unpaired) electrons. The van der Waals surface area contributed by atoms with Crippen LogP contribution in [-0.4, -0.2) is 18.9 Å². The maximum atomic E-state index is 11.4. The van der Waals surface area contributed by atoms with Crippen molar-refractivity contribution in [2.75, 3.05) is 13.1 Å². The summed E-state index contributed by atoms with van der Waals surface area (Å²) in [6, 6.07) is 8.10. The molecule has 0 unspecified atom stereocenters. The quantitative estimate of drug-likeness (QED) is 0.767. The Bertz CT molecular complexity index is 290. The summed E-state index contributed by atoms with van der Waals surface area (Å²) < 4.78 is 0. The second-order valence-corrected chi connectivity index (χ2v) is 3.48. The summed E-state index contributed by atoms with van der Waals surface area (Å²) in [5.41, 5.74) is 2.33. The second-order valence-electron chi connectivity index (χ2n) is 3.48. The molecule has 0 fully saturated rings. The first kappa shape index (κ1) is 10.9. The zero-order valence-electron chi connectivity index (χ0n) is 8.84. The lowest BCUT2D eigenvalue weighted by Gasteiger charge is -2.02. The number of Topliss-reactive ketones (excluding diaryl/α,β-unsaturated/α-hetero) is 1. The number of carbonyl (C=O) groups excluding carboxylic acids is 1. The largest absolute Gasteiger partial charge is 0.310 e. The summed E-state index contributed by atoms with van der Waals surface area (Å²) in [5, 5.41) is 3.03. The molecule has 0 saturated carbocycles. The van der Waals surface area contributed by atoms with Crippen LogP contribution in [0.5, 0.6) is 0 Å². The lowest BCUT2D eigenvalue weighted by Crippen LogP contribution is -2.23. The van der Waals surface area contributed by atoms with E-state index in [2.05, 4.69) is 5.32 Å². The van der Waals surface area contributed by atoms with E-state index < -0.39 is 0 Å². The Morgan fingerprint density at radius 2 is 1.93 bits per heavy atom. The van der Waals surface area contributed by atoms with Crippen molar-refractivity contribution >= 4 is 5.78 Å². The first-order valence-corrected chi connectivity index (χ1v) is 5.00. The Morgan fingerprint density at radius 1 is 1.29 bits per heavy atom. The third-order valence-corrected chi connectivity index (χ3v) is 2.09. The molecular weight excluding hydrogens is 174 g/mol. The number of hydrogen-bond acceptors (Lipinski definition) is 2. The van der Waals surface area contributed by atoms with E-state index in [0.717, 1.165) is 12.1 Å². The summed E-state index contributed by atoms with van der Waals surface area (Å²) in [7, 11) is 0. The first-order valence-electron chi connectivity index (χ1n) is 5.00. The van der Waals surface area contributed by atoms with E-state index in [1.165, 1.54) is 5.56 Å². The summed E-state index contributed by atoms with van der Waals surface area (Å²) in [6.45, 7) is 5.37. The van der Waals surface area contributed by atoms with Crippen LogP contribution in [0.15, 0.2) is 24.3 Å². The maximum absolute atomic E-state index is 11.4. The third-order valence-electron chi connectivity index (χ3n) is 2.09. The smallest absolute Gasteiger partial charge is 0.150 e. The number of carbonyl (C=O) groups is 1. The van der Waals surface area contributed by atoms with Gasteiger partial charge in [0, 0.05) is 6.42 Å². The molecule has 1 aromatic carbocycles. The SMILES string of the molecule is CCNCC(=O)Cc1ccc(C)cc1. The van der Waals surface area contributed by atoms with Crippen LogP contribution in [0.1, 0.15) is 18.1 Å². The van der Waals surface area contributed by atoms with Gasteiger partial charge in [-0.25, -0.2) is 0 Å². The molecule has 0 atom stereocenters. The minimum Gasteiger partial charge on any atom is -0.310 e. The molecular formula is C12H17NO. The van der Waals surface area contributed by atoms with E-state index in [1.54, 1.807) is 0 Å². The normalized spacial score (nSPS) is 10.1. The molecule has 0 aliphatic carbocycles. The molecule has 1 aromatic rings. The van der Waals surface area contributed by atoms with Crippen LogP contribution in [0.2, 0.25) is 0 Å². The number of hydrogen-bond donors (Lipinski definition) is 1. The van der Waals surface area contributed by atoms with Crippen molar-refractivity contribution in [2.45, 2.75) is 20.3 Å². The van der Waals surface area contributed by atoms with E-state index >= 15 is 0 Å². The highest BCUT2D eigenvalue weighted by atomic mass is 16.1. The molecule has 0 amide bonds. The lowest BCUT2D eigenvalue weighted by molar-refractivity contribution is -0.117.